The van der Waals surface area contributed by atoms with Crippen LogP contribution in [-0.4, -0.2) is 29.9 Å². The minimum atomic E-state index is -3.68. The highest BCUT2D eigenvalue weighted by atomic mass is 35.5. The van der Waals surface area contributed by atoms with Gasteiger partial charge in [-0.25, -0.2) is 13.4 Å². The van der Waals surface area contributed by atoms with E-state index in [9.17, 15) is 13.2 Å². The number of hydrogen-bond acceptors (Lipinski definition) is 4. The molecule has 1 N–H and O–H groups in total. The molecule has 0 bridgehead atoms. The minimum absolute atomic E-state index is 0.121. The molecule has 0 unspecified atom stereocenters. The molecule has 3 rings (SSSR count). The van der Waals surface area contributed by atoms with Gasteiger partial charge in [-0.3, -0.25) is 4.79 Å². The fourth-order valence-electron chi connectivity index (χ4n) is 2.18. The van der Waals surface area contributed by atoms with Crippen LogP contribution in [0, 0.1) is 0 Å². The van der Waals surface area contributed by atoms with E-state index in [-0.39, 0.29) is 10.6 Å². The third-order valence-corrected chi connectivity index (χ3v) is 5.30. The van der Waals surface area contributed by atoms with Crippen LogP contribution in [0.5, 0.6) is 0 Å². The Hall–Kier alpha value is -2.44. The molecule has 0 radical (unpaired) electrons. The van der Waals surface area contributed by atoms with Gasteiger partial charge in [0.15, 0.2) is 15.6 Å². The second-order valence-electron chi connectivity index (χ2n) is 5.15. The Morgan fingerprint density at radius 1 is 1.04 bits per heavy atom. The van der Waals surface area contributed by atoms with E-state index in [0.29, 0.717) is 10.8 Å². The van der Waals surface area contributed by atoms with Crippen molar-refractivity contribution in [3.63, 3.8) is 0 Å². The van der Waals surface area contributed by atoms with E-state index in [1.165, 1.54) is 18.3 Å². The zero-order chi connectivity index (χ0) is 17.2. The number of Topliss-reactive ketones (excluding diaryl/α,β-unsaturated/α-hetero) is 1. The zero-order valence-corrected chi connectivity index (χ0v) is 14.0. The van der Waals surface area contributed by atoms with Crippen LogP contribution in [0.15, 0.2) is 65.7 Å². The summed E-state index contributed by atoms with van der Waals surface area (Å²) in [7, 11) is -3.68. The van der Waals surface area contributed by atoms with Crippen LogP contribution in [0.2, 0.25) is 5.02 Å². The third kappa shape index (κ3) is 3.55. The maximum absolute atomic E-state index is 12.3. The number of rotatable bonds is 5. The van der Waals surface area contributed by atoms with E-state index >= 15 is 0 Å². The summed E-state index contributed by atoms with van der Waals surface area (Å²) in [4.78, 5) is 19.4. The number of halogens is 1. The molecular formula is C17H13ClN2O3S. The molecule has 0 spiro atoms. The highest BCUT2D eigenvalue weighted by Crippen LogP contribution is 2.19. The molecule has 3 aromatic rings. The van der Waals surface area contributed by atoms with Crippen molar-refractivity contribution in [1.29, 1.82) is 0 Å². The van der Waals surface area contributed by atoms with Crippen LogP contribution < -0.4 is 0 Å². The van der Waals surface area contributed by atoms with Crippen LogP contribution in [0.25, 0.3) is 11.4 Å². The number of benzene rings is 2. The van der Waals surface area contributed by atoms with Crippen molar-refractivity contribution in [2.45, 2.75) is 4.90 Å². The van der Waals surface area contributed by atoms with Crippen LogP contribution in [0.1, 0.15) is 10.5 Å². The molecule has 2 aromatic carbocycles. The highest BCUT2D eigenvalue weighted by Gasteiger charge is 2.21. The van der Waals surface area contributed by atoms with Gasteiger partial charge in [-0.05, 0) is 36.4 Å². The summed E-state index contributed by atoms with van der Waals surface area (Å²) in [6.07, 6.45) is 1.34. The summed E-state index contributed by atoms with van der Waals surface area (Å²) in [6, 6.07) is 14.8. The standard InChI is InChI=1S/C17H13ClN2O3S/c18-13-8-6-12(7-9-13)17-19-10-15(20-17)16(21)11-24(22,23)14-4-2-1-3-5-14/h1-10H,11H2,(H,19,20). The number of nitrogens with zero attached hydrogens (tertiary/aromatic N) is 1. The molecule has 5 nitrogen and oxygen atoms in total. The molecule has 1 aromatic heterocycles. The molecule has 1 heterocycles. The van der Waals surface area contributed by atoms with Gasteiger partial charge < -0.3 is 4.98 Å². The monoisotopic (exact) mass is 360 g/mol. The van der Waals surface area contributed by atoms with Gasteiger partial charge in [0, 0.05) is 10.6 Å². The van der Waals surface area contributed by atoms with Crippen molar-refractivity contribution in [2.75, 3.05) is 5.75 Å². The molecule has 0 aliphatic heterocycles. The average molecular weight is 361 g/mol. The smallest absolute Gasteiger partial charge is 0.196 e. The van der Waals surface area contributed by atoms with Crippen molar-refractivity contribution < 1.29 is 13.2 Å². The Labute approximate surface area is 144 Å². The first-order valence-electron chi connectivity index (χ1n) is 7.08. The largest absolute Gasteiger partial charge is 0.336 e. The molecule has 0 saturated carbocycles. The number of H-pyrrole nitrogens is 1. The second kappa shape index (κ2) is 6.59. The van der Waals surface area contributed by atoms with Crippen LogP contribution in [0.3, 0.4) is 0 Å². The summed E-state index contributed by atoms with van der Waals surface area (Å²) in [5, 5.41) is 0.593. The topological polar surface area (TPSA) is 79.9 Å². The number of aromatic amines is 1. The molecule has 122 valence electrons. The number of imidazole rings is 1. The van der Waals surface area contributed by atoms with Gasteiger partial charge in [-0.1, -0.05) is 29.8 Å². The summed E-state index contributed by atoms with van der Waals surface area (Å²) >= 11 is 5.83. The van der Waals surface area contributed by atoms with Crippen molar-refractivity contribution in [3.05, 3.63) is 71.5 Å². The SMILES string of the molecule is O=C(CS(=O)(=O)c1ccccc1)c1cnc(-c2ccc(Cl)cc2)[nH]1. The normalized spacial score (nSPS) is 11.4. The number of hydrogen-bond donors (Lipinski definition) is 1. The van der Waals surface area contributed by atoms with Crippen molar-refractivity contribution in [2.24, 2.45) is 0 Å². The summed E-state index contributed by atoms with van der Waals surface area (Å²) in [6.45, 7) is 0. The number of carbonyl (C=O) groups is 1. The predicted octanol–water partition coefficient (Wildman–Crippen LogP) is 3.39. The lowest BCUT2D eigenvalue weighted by molar-refractivity contribution is 0.101. The van der Waals surface area contributed by atoms with Gasteiger partial charge in [-0.2, -0.15) is 0 Å². The Kier molecular flexibility index (Phi) is 4.51. The molecule has 7 heteroatoms. The number of sulfone groups is 1. The number of carbonyl (C=O) groups excluding carboxylic acids is 1. The number of aromatic nitrogens is 2. The predicted molar refractivity (Wildman–Crippen MR) is 91.9 cm³/mol. The van der Waals surface area contributed by atoms with Crippen molar-refractivity contribution >= 4 is 27.2 Å². The zero-order valence-electron chi connectivity index (χ0n) is 12.4. The first-order valence-corrected chi connectivity index (χ1v) is 9.11. The van der Waals surface area contributed by atoms with Crippen molar-refractivity contribution in [3.8, 4) is 11.4 Å². The first kappa shape index (κ1) is 16.4. The lowest BCUT2D eigenvalue weighted by Gasteiger charge is -2.02. The molecule has 24 heavy (non-hydrogen) atoms. The first-order chi connectivity index (χ1) is 11.5. The molecular weight excluding hydrogens is 348 g/mol. The lowest BCUT2D eigenvalue weighted by Crippen LogP contribution is -2.16. The van der Waals surface area contributed by atoms with Crippen LogP contribution >= 0.6 is 11.6 Å². The lowest BCUT2D eigenvalue weighted by atomic mass is 10.2. The van der Waals surface area contributed by atoms with E-state index in [1.54, 1.807) is 42.5 Å². The Morgan fingerprint density at radius 2 is 1.71 bits per heavy atom. The average Bonchev–Trinajstić information content (AvgIpc) is 3.06. The van der Waals surface area contributed by atoms with Gasteiger partial charge in [0.2, 0.25) is 0 Å². The van der Waals surface area contributed by atoms with Gasteiger partial charge in [0.1, 0.15) is 17.3 Å². The van der Waals surface area contributed by atoms with Gasteiger partial charge >= 0.3 is 0 Å². The van der Waals surface area contributed by atoms with E-state index in [2.05, 4.69) is 9.97 Å². The van der Waals surface area contributed by atoms with Gasteiger partial charge in [-0.15, -0.1) is 0 Å². The molecule has 0 saturated heterocycles. The quantitative estimate of drug-likeness (QED) is 0.707. The third-order valence-electron chi connectivity index (χ3n) is 3.42. The molecule has 0 atom stereocenters. The second-order valence-corrected chi connectivity index (χ2v) is 7.57. The van der Waals surface area contributed by atoms with E-state index in [4.69, 9.17) is 11.6 Å². The Balaban J connectivity index is 1.80. The molecule has 0 aliphatic rings. The van der Waals surface area contributed by atoms with E-state index in [0.717, 1.165) is 5.56 Å². The number of ketones is 1. The highest BCUT2D eigenvalue weighted by molar-refractivity contribution is 7.92. The molecule has 0 fully saturated rings. The maximum Gasteiger partial charge on any atom is 0.196 e. The summed E-state index contributed by atoms with van der Waals surface area (Å²) in [5.41, 5.74) is 0.906. The summed E-state index contributed by atoms with van der Waals surface area (Å²) in [5.74, 6) is -0.669. The van der Waals surface area contributed by atoms with E-state index < -0.39 is 21.4 Å². The van der Waals surface area contributed by atoms with Crippen LogP contribution in [0.4, 0.5) is 0 Å². The fourth-order valence-corrected chi connectivity index (χ4v) is 3.54. The van der Waals surface area contributed by atoms with Gasteiger partial charge in [0.05, 0.1) is 11.1 Å². The van der Waals surface area contributed by atoms with E-state index in [1.807, 2.05) is 0 Å². The minimum Gasteiger partial charge on any atom is -0.336 e. The summed E-state index contributed by atoms with van der Waals surface area (Å²) < 4.78 is 24.5. The Morgan fingerprint density at radius 3 is 2.38 bits per heavy atom. The molecule has 0 amide bonds. The van der Waals surface area contributed by atoms with Crippen LogP contribution in [-0.2, 0) is 9.84 Å². The molecule has 0 aliphatic carbocycles. The van der Waals surface area contributed by atoms with Gasteiger partial charge in [0.25, 0.3) is 0 Å². The van der Waals surface area contributed by atoms with Crippen molar-refractivity contribution in [1.82, 2.24) is 9.97 Å². The Bertz CT molecular complexity index is 965. The maximum atomic E-state index is 12.3. The fraction of sp³-hybridized carbons (Fsp3) is 0.0588. The number of nitrogens with one attached hydrogen (secondary N) is 1.